The molecule has 1 aliphatic rings. The van der Waals surface area contributed by atoms with Gasteiger partial charge >= 0.3 is 0 Å². The van der Waals surface area contributed by atoms with Crippen LogP contribution in [0.1, 0.15) is 30.9 Å². The molecule has 0 spiro atoms. The largest absolute Gasteiger partial charge is 0.339 e. The predicted molar refractivity (Wildman–Crippen MR) is 77.8 cm³/mol. The molecule has 0 aromatic heterocycles. The van der Waals surface area contributed by atoms with Crippen molar-refractivity contribution in [2.75, 3.05) is 13.1 Å². The first-order valence-electron chi connectivity index (χ1n) is 7.18. The number of nitrogens with zero attached hydrogens (tertiary/aromatic N) is 1. The van der Waals surface area contributed by atoms with Crippen LogP contribution in [0.3, 0.4) is 0 Å². The molecule has 2 atom stereocenters. The van der Waals surface area contributed by atoms with Crippen LogP contribution in [-0.2, 0) is 11.2 Å². The zero-order valence-corrected chi connectivity index (χ0v) is 11.9. The van der Waals surface area contributed by atoms with E-state index in [0.717, 1.165) is 25.8 Å². The third-order valence-electron chi connectivity index (χ3n) is 4.15. The maximum absolute atomic E-state index is 12.3. The number of carbonyl (C=O) groups excluding carboxylic acids is 1. The second-order valence-corrected chi connectivity index (χ2v) is 5.60. The minimum Gasteiger partial charge on any atom is -0.339 e. The highest BCUT2D eigenvalue weighted by molar-refractivity contribution is 5.79. The molecule has 0 bridgehead atoms. The summed E-state index contributed by atoms with van der Waals surface area (Å²) in [5.41, 5.74) is 8.28. The second-order valence-electron chi connectivity index (χ2n) is 5.60. The fourth-order valence-corrected chi connectivity index (χ4v) is 2.81. The van der Waals surface area contributed by atoms with Crippen molar-refractivity contribution in [3.8, 4) is 0 Å². The quantitative estimate of drug-likeness (QED) is 0.901. The summed E-state index contributed by atoms with van der Waals surface area (Å²) < 4.78 is 0. The van der Waals surface area contributed by atoms with Gasteiger partial charge in [0.05, 0.1) is 0 Å². The highest BCUT2D eigenvalue weighted by Crippen LogP contribution is 2.24. The Morgan fingerprint density at radius 1 is 1.47 bits per heavy atom. The van der Waals surface area contributed by atoms with Crippen LogP contribution in [0.4, 0.5) is 0 Å². The lowest BCUT2D eigenvalue weighted by atomic mass is 9.99. The van der Waals surface area contributed by atoms with Crippen molar-refractivity contribution in [1.82, 2.24) is 4.90 Å². The van der Waals surface area contributed by atoms with Crippen molar-refractivity contribution in [1.29, 1.82) is 0 Å². The van der Waals surface area contributed by atoms with Crippen LogP contribution >= 0.6 is 0 Å². The normalized spacial score (nSPS) is 20.6. The van der Waals surface area contributed by atoms with E-state index < -0.39 is 0 Å². The number of rotatable bonds is 4. The zero-order chi connectivity index (χ0) is 13.8. The van der Waals surface area contributed by atoms with Gasteiger partial charge in [-0.1, -0.05) is 31.2 Å². The first-order valence-corrected chi connectivity index (χ1v) is 7.18. The maximum atomic E-state index is 12.3. The number of carbonyl (C=O) groups is 1. The van der Waals surface area contributed by atoms with Crippen LogP contribution in [0.2, 0.25) is 0 Å². The fraction of sp³-hybridized carbons (Fsp3) is 0.562. The highest BCUT2D eigenvalue weighted by Gasteiger charge is 2.30. The molecule has 104 valence electrons. The summed E-state index contributed by atoms with van der Waals surface area (Å²) in [6.07, 6.45) is 3.19. The molecule has 0 radical (unpaired) electrons. The van der Waals surface area contributed by atoms with E-state index in [4.69, 9.17) is 5.73 Å². The van der Waals surface area contributed by atoms with Crippen molar-refractivity contribution >= 4 is 5.91 Å². The molecular formula is C16H24N2O. The number of aryl methyl sites for hydroxylation is 1. The highest BCUT2D eigenvalue weighted by atomic mass is 16.2. The van der Waals surface area contributed by atoms with Gasteiger partial charge in [-0.25, -0.2) is 0 Å². The summed E-state index contributed by atoms with van der Waals surface area (Å²) in [7, 11) is 0. The van der Waals surface area contributed by atoms with E-state index in [1.54, 1.807) is 0 Å². The molecule has 0 saturated carbocycles. The molecule has 2 rings (SSSR count). The van der Waals surface area contributed by atoms with Gasteiger partial charge < -0.3 is 10.6 Å². The lowest BCUT2D eigenvalue weighted by Crippen LogP contribution is -2.41. The molecule has 3 nitrogen and oxygen atoms in total. The Kier molecular flexibility index (Phi) is 4.59. The van der Waals surface area contributed by atoms with Gasteiger partial charge in [0, 0.05) is 25.0 Å². The van der Waals surface area contributed by atoms with Crippen molar-refractivity contribution in [2.45, 2.75) is 39.2 Å². The minimum absolute atomic E-state index is 0.0579. The number of amides is 1. The number of likely N-dealkylation sites (tertiary alicyclic amines) is 1. The number of nitrogens with two attached hydrogens (primary N) is 1. The Balaban J connectivity index is 2.07. The number of hydrogen-bond donors (Lipinski definition) is 1. The summed E-state index contributed by atoms with van der Waals surface area (Å²) in [5.74, 6) is 0.163. The van der Waals surface area contributed by atoms with Gasteiger partial charge in [-0.2, -0.15) is 0 Å². The monoisotopic (exact) mass is 260 g/mol. The van der Waals surface area contributed by atoms with Crippen LogP contribution in [-0.4, -0.2) is 29.9 Å². The van der Waals surface area contributed by atoms with Crippen LogP contribution in [0.5, 0.6) is 0 Å². The van der Waals surface area contributed by atoms with Crippen molar-refractivity contribution < 1.29 is 4.79 Å². The van der Waals surface area contributed by atoms with Crippen molar-refractivity contribution in [2.24, 2.45) is 11.7 Å². The second kappa shape index (κ2) is 6.20. The van der Waals surface area contributed by atoms with Gasteiger partial charge in [0.15, 0.2) is 0 Å². The van der Waals surface area contributed by atoms with Crippen LogP contribution in [0, 0.1) is 12.8 Å². The van der Waals surface area contributed by atoms with E-state index in [1.807, 2.05) is 11.8 Å². The van der Waals surface area contributed by atoms with E-state index in [9.17, 15) is 4.79 Å². The van der Waals surface area contributed by atoms with Gasteiger partial charge in [-0.15, -0.1) is 0 Å². The number of hydrogen-bond acceptors (Lipinski definition) is 2. The van der Waals surface area contributed by atoms with Crippen LogP contribution < -0.4 is 5.73 Å². The van der Waals surface area contributed by atoms with Crippen LogP contribution in [0.25, 0.3) is 0 Å². The zero-order valence-electron chi connectivity index (χ0n) is 11.9. The lowest BCUT2D eigenvalue weighted by molar-refractivity contribution is -0.135. The molecule has 0 aliphatic carbocycles. The van der Waals surface area contributed by atoms with E-state index in [1.165, 1.54) is 11.1 Å². The SMILES string of the molecule is Cc1ccccc1CC1CCCN1C(=O)C(C)CN. The van der Waals surface area contributed by atoms with Crippen LogP contribution in [0.15, 0.2) is 24.3 Å². The van der Waals surface area contributed by atoms with Gasteiger partial charge in [-0.05, 0) is 37.3 Å². The van der Waals surface area contributed by atoms with Crippen molar-refractivity contribution in [3.05, 3.63) is 35.4 Å². The van der Waals surface area contributed by atoms with E-state index >= 15 is 0 Å². The van der Waals surface area contributed by atoms with E-state index in [0.29, 0.717) is 12.6 Å². The molecule has 1 heterocycles. The first kappa shape index (κ1) is 14.1. The summed E-state index contributed by atoms with van der Waals surface area (Å²) in [4.78, 5) is 14.4. The summed E-state index contributed by atoms with van der Waals surface area (Å²) in [6, 6.07) is 8.79. The molecule has 1 aromatic rings. The third kappa shape index (κ3) is 3.16. The van der Waals surface area contributed by atoms with Gasteiger partial charge in [0.1, 0.15) is 0 Å². The smallest absolute Gasteiger partial charge is 0.226 e. The van der Waals surface area contributed by atoms with Gasteiger partial charge in [0.2, 0.25) is 5.91 Å². The molecule has 1 aliphatic heterocycles. The molecule has 1 amide bonds. The number of benzene rings is 1. The summed E-state index contributed by atoms with van der Waals surface area (Å²) in [5, 5.41) is 0. The minimum atomic E-state index is -0.0579. The van der Waals surface area contributed by atoms with E-state index in [2.05, 4.69) is 31.2 Å². The molecule has 3 heteroatoms. The van der Waals surface area contributed by atoms with Gasteiger partial charge in [0.25, 0.3) is 0 Å². The standard InChI is InChI=1S/C16H24N2O/c1-12-6-3-4-7-14(12)10-15-8-5-9-18(15)16(19)13(2)11-17/h3-4,6-7,13,15H,5,8-11,17H2,1-2H3. The molecular weight excluding hydrogens is 236 g/mol. The van der Waals surface area contributed by atoms with Crippen molar-refractivity contribution in [3.63, 3.8) is 0 Å². The summed E-state index contributed by atoms with van der Waals surface area (Å²) in [6.45, 7) is 5.39. The Bertz CT molecular complexity index is 444. The Morgan fingerprint density at radius 2 is 2.21 bits per heavy atom. The maximum Gasteiger partial charge on any atom is 0.226 e. The first-order chi connectivity index (χ1) is 9.13. The van der Waals surface area contributed by atoms with Gasteiger partial charge in [-0.3, -0.25) is 4.79 Å². The molecule has 19 heavy (non-hydrogen) atoms. The fourth-order valence-electron chi connectivity index (χ4n) is 2.81. The molecule has 1 saturated heterocycles. The molecule has 2 unspecified atom stereocenters. The Hall–Kier alpha value is -1.35. The molecule has 2 N–H and O–H groups in total. The van der Waals surface area contributed by atoms with E-state index in [-0.39, 0.29) is 11.8 Å². The predicted octanol–water partition coefficient (Wildman–Crippen LogP) is 2.12. The average Bonchev–Trinajstić information content (AvgIpc) is 2.87. The average molecular weight is 260 g/mol. The Morgan fingerprint density at radius 3 is 2.89 bits per heavy atom. The third-order valence-corrected chi connectivity index (χ3v) is 4.15. The Labute approximate surface area is 115 Å². The molecule has 1 aromatic carbocycles. The lowest BCUT2D eigenvalue weighted by Gasteiger charge is -2.27. The summed E-state index contributed by atoms with van der Waals surface area (Å²) >= 11 is 0. The topological polar surface area (TPSA) is 46.3 Å². The molecule has 1 fully saturated rings.